The van der Waals surface area contributed by atoms with Crippen LogP contribution in [0.2, 0.25) is 0 Å². The second-order valence-electron chi connectivity index (χ2n) is 5.97. The third kappa shape index (κ3) is 4.00. The van der Waals surface area contributed by atoms with Crippen molar-refractivity contribution in [1.82, 2.24) is 9.88 Å². The minimum Gasteiger partial charge on any atom is -0.496 e. The Bertz CT molecular complexity index is 794. The highest BCUT2D eigenvalue weighted by Gasteiger charge is 2.27. The van der Waals surface area contributed by atoms with E-state index in [1.807, 2.05) is 18.2 Å². The van der Waals surface area contributed by atoms with Crippen molar-refractivity contribution in [2.45, 2.75) is 12.5 Å². The van der Waals surface area contributed by atoms with Gasteiger partial charge in [-0.1, -0.05) is 6.07 Å². The molecule has 1 aromatic heterocycles. The molecule has 0 bridgehead atoms. The number of aromatic nitrogens is 1. The number of rotatable bonds is 5. The molecule has 1 aliphatic rings. The first-order valence-corrected chi connectivity index (χ1v) is 8.30. The Morgan fingerprint density at radius 1 is 1.35 bits per heavy atom. The lowest BCUT2D eigenvalue weighted by Gasteiger charge is -2.32. The number of carboxylic acid groups (broad SMARTS) is 1. The molecule has 0 saturated carbocycles. The van der Waals surface area contributed by atoms with E-state index < -0.39 is 12.1 Å². The number of pyridine rings is 1. The number of aliphatic carboxylic acids is 1. The fourth-order valence-electron chi connectivity index (χ4n) is 2.97. The quantitative estimate of drug-likeness (QED) is 0.882. The van der Waals surface area contributed by atoms with E-state index in [1.54, 1.807) is 36.4 Å². The van der Waals surface area contributed by atoms with Crippen LogP contribution in [0.15, 0.2) is 42.6 Å². The standard InChI is InChI=1S/C19H20N2O5/c1-25-17-6-5-13(10-15(17)16-4-2-3-7-20-16)19(24)21-8-9-26-14(12-21)11-18(22)23/h2-7,10,14H,8-9,11-12H2,1H3,(H,22,23). The topological polar surface area (TPSA) is 89.0 Å². The number of hydrogen-bond donors (Lipinski definition) is 1. The number of carbonyl (C=O) groups excluding carboxylic acids is 1. The minimum absolute atomic E-state index is 0.119. The lowest BCUT2D eigenvalue weighted by molar-refractivity contribution is -0.141. The zero-order valence-electron chi connectivity index (χ0n) is 14.4. The molecule has 1 aliphatic heterocycles. The van der Waals surface area contributed by atoms with E-state index in [2.05, 4.69) is 4.98 Å². The normalized spacial score (nSPS) is 17.0. The summed E-state index contributed by atoms with van der Waals surface area (Å²) in [6.07, 6.45) is 1.08. The summed E-state index contributed by atoms with van der Waals surface area (Å²) < 4.78 is 10.8. The van der Waals surface area contributed by atoms with Gasteiger partial charge in [-0.2, -0.15) is 0 Å². The number of carboxylic acids is 1. The van der Waals surface area contributed by atoms with Crippen LogP contribution in [0.3, 0.4) is 0 Å². The van der Waals surface area contributed by atoms with Crippen molar-refractivity contribution in [3.63, 3.8) is 0 Å². The summed E-state index contributed by atoms with van der Waals surface area (Å²) in [6.45, 7) is 1.02. The minimum atomic E-state index is -0.939. The second-order valence-corrected chi connectivity index (χ2v) is 5.97. The summed E-state index contributed by atoms with van der Waals surface area (Å²) in [7, 11) is 1.57. The van der Waals surface area contributed by atoms with Crippen molar-refractivity contribution in [3.8, 4) is 17.0 Å². The molecule has 136 valence electrons. The molecular weight excluding hydrogens is 336 g/mol. The van der Waals surface area contributed by atoms with Crippen LogP contribution in [0.4, 0.5) is 0 Å². The molecule has 26 heavy (non-hydrogen) atoms. The summed E-state index contributed by atoms with van der Waals surface area (Å²) >= 11 is 0. The van der Waals surface area contributed by atoms with Gasteiger partial charge in [0.25, 0.3) is 5.91 Å². The van der Waals surface area contributed by atoms with Crippen molar-refractivity contribution in [1.29, 1.82) is 0 Å². The molecular formula is C19H20N2O5. The molecule has 0 spiro atoms. The fourth-order valence-corrected chi connectivity index (χ4v) is 2.97. The monoisotopic (exact) mass is 356 g/mol. The van der Waals surface area contributed by atoms with E-state index in [4.69, 9.17) is 14.6 Å². The van der Waals surface area contributed by atoms with Gasteiger partial charge in [-0.25, -0.2) is 0 Å². The first-order valence-electron chi connectivity index (χ1n) is 8.30. The summed E-state index contributed by atoms with van der Waals surface area (Å²) in [5, 5.41) is 8.92. The molecule has 1 N–H and O–H groups in total. The van der Waals surface area contributed by atoms with Gasteiger partial charge in [-0.3, -0.25) is 14.6 Å². The van der Waals surface area contributed by atoms with Crippen LogP contribution in [0.1, 0.15) is 16.8 Å². The van der Waals surface area contributed by atoms with E-state index in [0.29, 0.717) is 30.2 Å². The van der Waals surface area contributed by atoms with Crippen molar-refractivity contribution in [2.24, 2.45) is 0 Å². The molecule has 0 radical (unpaired) electrons. The van der Waals surface area contributed by atoms with Gasteiger partial charge in [0.1, 0.15) is 5.75 Å². The average Bonchev–Trinajstić information content (AvgIpc) is 2.67. The lowest BCUT2D eigenvalue weighted by atomic mass is 10.0. The van der Waals surface area contributed by atoms with Crippen LogP contribution in [0, 0.1) is 0 Å². The van der Waals surface area contributed by atoms with E-state index in [0.717, 1.165) is 5.56 Å². The van der Waals surface area contributed by atoms with Crippen LogP contribution in [-0.2, 0) is 9.53 Å². The SMILES string of the molecule is COc1ccc(C(=O)N2CCOC(CC(=O)O)C2)cc1-c1ccccn1. The highest BCUT2D eigenvalue weighted by molar-refractivity contribution is 5.96. The lowest BCUT2D eigenvalue weighted by Crippen LogP contribution is -2.46. The molecule has 1 aromatic carbocycles. The number of amides is 1. The predicted octanol–water partition coefficient (Wildman–Crippen LogP) is 2.07. The van der Waals surface area contributed by atoms with Gasteiger partial charge < -0.3 is 19.5 Å². The van der Waals surface area contributed by atoms with Crippen molar-refractivity contribution >= 4 is 11.9 Å². The highest BCUT2D eigenvalue weighted by Crippen LogP contribution is 2.30. The number of morpholine rings is 1. The van der Waals surface area contributed by atoms with E-state index >= 15 is 0 Å². The highest BCUT2D eigenvalue weighted by atomic mass is 16.5. The van der Waals surface area contributed by atoms with Crippen molar-refractivity contribution in [2.75, 3.05) is 26.8 Å². The van der Waals surface area contributed by atoms with Gasteiger partial charge in [0.05, 0.1) is 31.9 Å². The molecule has 1 saturated heterocycles. The van der Waals surface area contributed by atoms with Gasteiger partial charge in [-0.15, -0.1) is 0 Å². The Morgan fingerprint density at radius 3 is 2.88 bits per heavy atom. The van der Waals surface area contributed by atoms with E-state index in [9.17, 15) is 9.59 Å². The molecule has 1 amide bonds. The Kier molecular flexibility index (Phi) is 5.48. The maximum absolute atomic E-state index is 12.9. The first kappa shape index (κ1) is 17.9. The molecule has 7 nitrogen and oxygen atoms in total. The van der Waals surface area contributed by atoms with E-state index in [-0.39, 0.29) is 18.9 Å². The molecule has 2 heterocycles. The van der Waals surface area contributed by atoms with Crippen LogP contribution in [0.5, 0.6) is 5.75 Å². The zero-order chi connectivity index (χ0) is 18.5. The van der Waals surface area contributed by atoms with Crippen molar-refractivity contribution < 1.29 is 24.2 Å². The number of benzene rings is 1. The molecule has 1 atom stereocenters. The number of methoxy groups -OCH3 is 1. The zero-order valence-corrected chi connectivity index (χ0v) is 14.4. The molecule has 1 unspecified atom stereocenters. The van der Waals surface area contributed by atoms with Gasteiger partial charge in [-0.05, 0) is 30.3 Å². The number of carbonyl (C=O) groups is 2. The molecule has 7 heteroatoms. The second kappa shape index (κ2) is 7.97. The predicted molar refractivity (Wildman–Crippen MR) is 94.1 cm³/mol. The molecule has 3 rings (SSSR count). The van der Waals surface area contributed by atoms with Crippen LogP contribution >= 0.6 is 0 Å². The largest absolute Gasteiger partial charge is 0.496 e. The van der Waals surface area contributed by atoms with Crippen molar-refractivity contribution in [3.05, 3.63) is 48.2 Å². The third-order valence-electron chi connectivity index (χ3n) is 4.22. The van der Waals surface area contributed by atoms with E-state index in [1.165, 1.54) is 0 Å². The maximum atomic E-state index is 12.9. The average molecular weight is 356 g/mol. The maximum Gasteiger partial charge on any atom is 0.306 e. The first-order chi connectivity index (χ1) is 12.6. The smallest absolute Gasteiger partial charge is 0.306 e. The Balaban J connectivity index is 1.84. The summed E-state index contributed by atoms with van der Waals surface area (Å²) in [6, 6.07) is 10.7. The van der Waals surface area contributed by atoms with Crippen LogP contribution in [0.25, 0.3) is 11.3 Å². The number of hydrogen-bond acceptors (Lipinski definition) is 5. The molecule has 2 aromatic rings. The van der Waals surface area contributed by atoms with Crippen LogP contribution < -0.4 is 4.74 Å². The number of ether oxygens (including phenoxy) is 2. The molecule has 0 aliphatic carbocycles. The van der Waals surface area contributed by atoms with Gasteiger partial charge in [0.15, 0.2) is 0 Å². The Morgan fingerprint density at radius 2 is 2.19 bits per heavy atom. The number of nitrogens with zero attached hydrogens (tertiary/aromatic N) is 2. The van der Waals surface area contributed by atoms with Gasteiger partial charge in [0.2, 0.25) is 0 Å². The fraction of sp³-hybridized carbons (Fsp3) is 0.316. The van der Waals surface area contributed by atoms with Gasteiger partial charge in [0, 0.05) is 30.4 Å². The van der Waals surface area contributed by atoms with Crippen LogP contribution in [-0.4, -0.2) is 59.8 Å². The Labute approximate surface area is 151 Å². The summed E-state index contributed by atoms with van der Waals surface area (Å²) in [5.74, 6) is -0.472. The van der Waals surface area contributed by atoms with Gasteiger partial charge >= 0.3 is 5.97 Å². The summed E-state index contributed by atoms with van der Waals surface area (Å²) in [5.41, 5.74) is 1.95. The Hall–Kier alpha value is -2.93. The third-order valence-corrected chi connectivity index (χ3v) is 4.22. The summed E-state index contributed by atoms with van der Waals surface area (Å²) in [4.78, 5) is 29.7. The molecule has 1 fully saturated rings.